The molecule has 0 aliphatic heterocycles. The molecule has 0 atom stereocenters. The molecule has 15 aromatic rings. The van der Waals surface area contributed by atoms with Crippen molar-refractivity contribution in [3.63, 3.8) is 0 Å². The molecule has 358 valence electrons. The summed E-state index contributed by atoms with van der Waals surface area (Å²) >= 11 is 0. The van der Waals surface area contributed by atoms with E-state index in [2.05, 4.69) is 220 Å². The number of hydrogen-bond acceptors (Lipinski definition) is 4. The first-order chi connectivity index (χ1) is 38.2. The summed E-state index contributed by atoms with van der Waals surface area (Å²) in [5.74, 6) is 1.74. The zero-order chi connectivity index (χ0) is 51.0. The third kappa shape index (κ3) is 6.86. The zero-order valence-electron chi connectivity index (χ0n) is 41.5. The van der Waals surface area contributed by atoms with Crippen LogP contribution in [0.1, 0.15) is 5.56 Å². The van der Waals surface area contributed by atoms with E-state index in [4.69, 9.17) is 15.0 Å². The quantitative estimate of drug-likeness (QED) is 0.152. The number of aromatic nitrogens is 6. The lowest BCUT2D eigenvalue weighted by molar-refractivity contribution is 1.07. The van der Waals surface area contributed by atoms with Gasteiger partial charge in [0.15, 0.2) is 17.5 Å². The Labute approximate surface area is 443 Å². The van der Waals surface area contributed by atoms with E-state index in [1.807, 2.05) is 60.7 Å². The molecular formula is C70H43N7. The van der Waals surface area contributed by atoms with Gasteiger partial charge in [-0.25, -0.2) is 15.0 Å². The van der Waals surface area contributed by atoms with Crippen LogP contribution in [0.2, 0.25) is 0 Å². The monoisotopic (exact) mass is 981 g/mol. The van der Waals surface area contributed by atoms with Crippen LogP contribution in [0.5, 0.6) is 0 Å². The molecule has 0 amide bonds. The number of fused-ring (bicyclic) bond motifs is 9. The Balaban J connectivity index is 1.14. The van der Waals surface area contributed by atoms with Crippen molar-refractivity contribution in [2.45, 2.75) is 0 Å². The van der Waals surface area contributed by atoms with E-state index in [1.165, 1.54) is 0 Å². The first-order valence-corrected chi connectivity index (χ1v) is 25.8. The van der Waals surface area contributed by atoms with Gasteiger partial charge in [-0.1, -0.05) is 224 Å². The number of benzene rings is 11. The highest BCUT2D eigenvalue weighted by Gasteiger charge is 2.33. The van der Waals surface area contributed by atoms with Crippen LogP contribution in [0.15, 0.2) is 261 Å². The number of nitriles is 1. The Kier molecular flexibility index (Phi) is 10.1. The minimum atomic E-state index is 0.524. The van der Waals surface area contributed by atoms with Gasteiger partial charge in [-0.15, -0.1) is 0 Å². The molecule has 0 aliphatic carbocycles. The predicted molar refractivity (Wildman–Crippen MR) is 315 cm³/mol. The SMILES string of the molecule is N#Cc1c(-n2c3ccccc3c3ccccc32)c(-c2ccc(-c3nc(-c4ccccc4)nc(-c4ccccc4)n3)cc2)c(-c2ccccc2)c(-n2c3ccccc3c3ccccc32)c1-n1c2ccccc2c2ccccc21. The standard InChI is InChI=1S/C70H43N7/c71-44-56-65(75-57-34-16-10-28-50(57)51-29-11-17-35-58(51)75)63(46-40-42-49(43-41-46)70-73-68(47-24-6-2-7-25-47)72-69(74-70)48-26-8-3-9-27-48)64(45-22-4-1-5-23-45)67(77-61-38-20-14-32-54(61)55-33-15-21-39-62(55)77)66(56)76-59-36-18-12-30-52(59)53-31-13-19-37-60(53)76/h1-43H. The fourth-order valence-electron chi connectivity index (χ4n) is 11.9. The second-order valence-corrected chi connectivity index (χ2v) is 19.4. The molecule has 11 aromatic carbocycles. The summed E-state index contributed by atoms with van der Waals surface area (Å²) < 4.78 is 7.12. The van der Waals surface area contributed by atoms with Gasteiger partial charge < -0.3 is 13.7 Å². The number of hydrogen-bond donors (Lipinski definition) is 0. The van der Waals surface area contributed by atoms with Crippen LogP contribution >= 0.6 is 0 Å². The minimum Gasteiger partial charge on any atom is -0.307 e. The summed E-state index contributed by atoms with van der Waals surface area (Å²) in [6.45, 7) is 0. The molecule has 0 aliphatic rings. The van der Waals surface area contributed by atoms with E-state index >= 15 is 0 Å². The molecule has 4 aromatic heterocycles. The smallest absolute Gasteiger partial charge is 0.164 e. The van der Waals surface area contributed by atoms with Crippen molar-refractivity contribution in [2.24, 2.45) is 0 Å². The molecule has 7 heteroatoms. The molecule has 0 spiro atoms. The Hall–Kier alpha value is -10.7. The Bertz CT molecular complexity index is 4630. The van der Waals surface area contributed by atoms with Crippen molar-refractivity contribution in [3.8, 4) is 79.5 Å². The van der Waals surface area contributed by atoms with E-state index in [-0.39, 0.29) is 0 Å². The Morgan fingerprint density at radius 2 is 0.494 bits per heavy atom. The molecule has 0 saturated heterocycles. The van der Waals surface area contributed by atoms with Crippen LogP contribution in [0.4, 0.5) is 0 Å². The zero-order valence-corrected chi connectivity index (χ0v) is 41.5. The molecule has 0 saturated carbocycles. The molecular weight excluding hydrogens is 939 g/mol. The van der Waals surface area contributed by atoms with E-state index in [0.717, 1.165) is 121 Å². The van der Waals surface area contributed by atoms with Crippen LogP contribution in [0, 0.1) is 11.3 Å². The molecule has 77 heavy (non-hydrogen) atoms. The second-order valence-electron chi connectivity index (χ2n) is 19.4. The third-order valence-electron chi connectivity index (χ3n) is 15.1. The summed E-state index contributed by atoms with van der Waals surface area (Å²) in [5, 5.41) is 19.2. The highest BCUT2D eigenvalue weighted by atomic mass is 15.1. The van der Waals surface area contributed by atoms with Gasteiger partial charge >= 0.3 is 0 Å². The lowest BCUT2D eigenvalue weighted by Crippen LogP contribution is -2.14. The summed E-state index contributed by atoms with van der Waals surface area (Å²) in [7, 11) is 0. The maximum atomic E-state index is 12.6. The second kappa shape index (κ2) is 17.8. The van der Waals surface area contributed by atoms with Crippen molar-refractivity contribution in [1.29, 1.82) is 5.26 Å². The summed E-state index contributed by atoms with van der Waals surface area (Å²) in [5.41, 5.74) is 15.4. The maximum Gasteiger partial charge on any atom is 0.164 e. The maximum absolute atomic E-state index is 12.6. The molecule has 0 bridgehead atoms. The molecule has 0 N–H and O–H groups in total. The van der Waals surface area contributed by atoms with Crippen LogP contribution in [0.3, 0.4) is 0 Å². The highest BCUT2D eigenvalue weighted by Crippen LogP contribution is 2.52. The average Bonchev–Trinajstić information content (AvgIpc) is 4.35. The fraction of sp³-hybridized carbons (Fsp3) is 0. The number of nitrogens with zero attached hydrogens (tertiary/aromatic N) is 7. The number of rotatable bonds is 8. The normalized spacial score (nSPS) is 11.6. The molecule has 0 unspecified atom stereocenters. The topological polar surface area (TPSA) is 77.2 Å². The van der Waals surface area contributed by atoms with Crippen LogP contribution < -0.4 is 0 Å². The summed E-state index contributed by atoms with van der Waals surface area (Å²) in [6, 6.07) is 94.1. The van der Waals surface area contributed by atoms with Gasteiger partial charge in [0, 0.05) is 60.1 Å². The summed E-state index contributed by atoms with van der Waals surface area (Å²) in [6.07, 6.45) is 0. The van der Waals surface area contributed by atoms with Crippen molar-refractivity contribution < 1.29 is 0 Å². The van der Waals surface area contributed by atoms with Gasteiger partial charge in [-0.3, -0.25) is 0 Å². The molecule has 7 nitrogen and oxygen atoms in total. The van der Waals surface area contributed by atoms with Crippen LogP contribution in [-0.2, 0) is 0 Å². The largest absolute Gasteiger partial charge is 0.307 e. The molecule has 4 heterocycles. The van der Waals surface area contributed by atoms with Gasteiger partial charge in [0.1, 0.15) is 11.6 Å². The van der Waals surface area contributed by atoms with E-state index < -0.39 is 0 Å². The predicted octanol–water partition coefficient (Wildman–Crippen LogP) is 17.4. The van der Waals surface area contributed by atoms with E-state index in [9.17, 15) is 5.26 Å². The average molecular weight is 982 g/mol. The van der Waals surface area contributed by atoms with Gasteiger partial charge in [-0.05, 0) is 47.5 Å². The van der Waals surface area contributed by atoms with Crippen molar-refractivity contribution >= 4 is 65.4 Å². The van der Waals surface area contributed by atoms with Gasteiger partial charge in [-0.2, -0.15) is 5.26 Å². The first-order valence-electron chi connectivity index (χ1n) is 25.8. The first kappa shape index (κ1) is 43.9. The third-order valence-corrected chi connectivity index (χ3v) is 15.1. The van der Waals surface area contributed by atoms with Gasteiger partial charge in [0.2, 0.25) is 0 Å². The van der Waals surface area contributed by atoms with Crippen molar-refractivity contribution in [2.75, 3.05) is 0 Å². The van der Waals surface area contributed by atoms with Crippen LogP contribution in [-0.4, -0.2) is 28.7 Å². The van der Waals surface area contributed by atoms with Crippen molar-refractivity contribution in [3.05, 3.63) is 266 Å². The van der Waals surface area contributed by atoms with E-state index in [1.54, 1.807) is 0 Å². The lowest BCUT2D eigenvalue weighted by atomic mass is 9.86. The highest BCUT2D eigenvalue weighted by molar-refractivity contribution is 6.16. The van der Waals surface area contributed by atoms with Crippen molar-refractivity contribution in [1.82, 2.24) is 28.7 Å². The minimum absolute atomic E-state index is 0.524. The fourth-order valence-corrected chi connectivity index (χ4v) is 11.9. The molecule has 0 fully saturated rings. The Morgan fingerprint density at radius 3 is 0.844 bits per heavy atom. The Morgan fingerprint density at radius 1 is 0.247 bits per heavy atom. The summed E-state index contributed by atoms with van der Waals surface area (Å²) in [4.78, 5) is 15.3. The molecule has 15 rings (SSSR count). The molecule has 0 radical (unpaired) electrons. The van der Waals surface area contributed by atoms with Gasteiger partial charge in [0.25, 0.3) is 0 Å². The lowest BCUT2D eigenvalue weighted by Gasteiger charge is -2.28. The van der Waals surface area contributed by atoms with Gasteiger partial charge in [0.05, 0.1) is 50.2 Å². The van der Waals surface area contributed by atoms with E-state index in [0.29, 0.717) is 23.0 Å². The van der Waals surface area contributed by atoms with Crippen LogP contribution in [0.25, 0.3) is 139 Å². The number of para-hydroxylation sites is 6.